The second-order valence-corrected chi connectivity index (χ2v) is 10.6. The van der Waals surface area contributed by atoms with E-state index in [9.17, 15) is 9.59 Å². The van der Waals surface area contributed by atoms with Crippen LogP contribution in [0.25, 0.3) is 11.5 Å². The topological polar surface area (TPSA) is 101 Å². The molecule has 9 nitrogen and oxygen atoms in total. The molecule has 0 saturated carbocycles. The van der Waals surface area contributed by atoms with Gasteiger partial charge in [0, 0.05) is 53.2 Å². The molecule has 2 heterocycles. The van der Waals surface area contributed by atoms with E-state index in [-0.39, 0.29) is 17.6 Å². The summed E-state index contributed by atoms with van der Waals surface area (Å²) in [5.41, 5.74) is 3.18. The predicted molar refractivity (Wildman–Crippen MR) is 154 cm³/mol. The van der Waals surface area contributed by atoms with E-state index in [1.54, 1.807) is 13.2 Å². The first-order valence-corrected chi connectivity index (χ1v) is 14.1. The number of aromatic nitrogens is 2. The monoisotopic (exact) mass is 607 g/mol. The molecule has 1 fully saturated rings. The van der Waals surface area contributed by atoms with Crippen LogP contribution in [0.3, 0.4) is 0 Å². The minimum atomic E-state index is -0.167. The molecule has 200 valence electrons. The van der Waals surface area contributed by atoms with E-state index in [1.807, 2.05) is 71.6 Å². The van der Waals surface area contributed by atoms with Gasteiger partial charge in [-0.05, 0) is 60.7 Å². The van der Waals surface area contributed by atoms with Crippen molar-refractivity contribution in [3.8, 4) is 17.2 Å². The Morgan fingerprint density at radius 2 is 1.77 bits per heavy atom. The highest BCUT2D eigenvalue weighted by Gasteiger charge is 2.22. The fourth-order valence-corrected chi connectivity index (χ4v) is 5.16. The van der Waals surface area contributed by atoms with E-state index in [4.69, 9.17) is 9.15 Å². The molecule has 3 aromatic carbocycles. The number of carbonyl (C=O) groups excluding carboxylic acids is 2. The molecule has 1 N–H and O–H groups in total. The number of benzene rings is 3. The van der Waals surface area contributed by atoms with Crippen molar-refractivity contribution in [3.63, 3.8) is 0 Å². The molecular formula is C28H26BrN5O4S. The van der Waals surface area contributed by atoms with Gasteiger partial charge in [-0.25, -0.2) is 0 Å². The lowest BCUT2D eigenvalue weighted by Gasteiger charge is -2.36. The number of rotatable bonds is 8. The number of halogens is 1. The van der Waals surface area contributed by atoms with Gasteiger partial charge in [-0.3, -0.25) is 9.59 Å². The predicted octanol–water partition coefficient (Wildman–Crippen LogP) is 5.20. The van der Waals surface area contributed by atoms with Gasteiger partial charge in [-0.15, -0.1) is 10.2 Å². The van der Waals surface area contributed by atoms with Crippen LogP contribution in [-0.4, -0.2) is 66.0 Å². The van der Waals surface area contributed by atoms with E-state index in [0.717, 1.165) is 28.8 Å². The third-order valence-corrected chi connectivity index (χ3v) is 7.52. The van der Waals surface area contributed by atoms with Crippen molar-refractivity contribution in [1.29, 1.82) is 0 Å². The van der Waals surface area contributed by atoms with E-state index < -0.39 is 0 Å². The highest BCUT2D eigenvalue weighted by molar-refractivity contribution is 9.10. The van der Waals surface area contributed by atoms with Gasteiger partial charge in [0.15, 0.2) is 0 Å². The number of amides is 2. The summed E-state index contributed by atoms with van der Waals surface area (Å²) in [4.78, 5) is 29.4. The molecule has 39 heavy (non-hydrogen) atoms. The molecule has 0 atom stereocenters. The first-order valence-electron chi connectivity index (χ1n) is 12.3. The van der Waals surface area contributed by atoms with Crippen molar-refractivity contribution >= 4 is 50.9 Å². The number of piperazine rings is 1. The molecule has 4 aromatic rings. The van der Waals surface area contributed by atoms with Crippen molar-refractivity contribution in [2.45, 2.75) is 5.22 Å². The Hall–Kier alpha value is -3.83. The van der Waals surface area contributed by atoms with Gasteiger partial charge in [-0.1, -0.05) is 39.8 Å². The van der Waals surface area contributed by atoms with Gasteiger partial charge in [0.05, 0.1) is 12.9 Å². The van der Waals surface area contributed by atoms with E-state index >= 15 is 0 Å². The number of nitrogens with one attached hydrogen (secondary N) is 1. The van der Waals surface area contributed by atoms with Crippen LogP contribution in [0, 0.1) is 0 Å². The molecule has 0 bridgehead atoms. The molecule has 0 spiro atoms. The summed E-state index contributed by atoms with van der Waals surface area (Å²) < 4.78 is 11.8. The first-order chi connectivity index (χ1) is 19.0. The summed E-state index contributed by atoms with van der Waals surface area (Å²) in [5, 5.41) is 11.3. The smallest absolute Gasteiger partial charge is 0.277 e. The second-order valence-electron chi connectivity index (χ2n) is 8.78. The first kappa shape index (κ1) is 26.8. The Kier molecular flexibility index (Phi) is 8.48. The van der Waals surface area contributed by atoms with Gasteiger partial charge in [0.1, 0.15) is 5.75 Å². The zero-order valence-electron chi connectivity index (χ0n) is 21.2. The number of anilines is 2. The van der Waals surface area contributed by atoms with E-state index in [2.05, 4.69) is 36.3 Å². The molecule has 1 aromatic heterocycles. The minimum Gasteiger partial charge on any atom is -0.497 e. The summed E-state index contributed by atoms with van der Waals surface area (Å²) in [6.07, 6.45) is 0. The summed E-state index contributed by atoms with van der Waals surface area (Å²) in [6, 6.07) is 22.5. The van der Waals surface area contributed by atoms with Gasteiger partial charge < -0.3 is 24.3 Å². The number of nitrogens with zero attached hydrogens (tertiary/aromatic N) is 4. The quantitative estimate of drug-likeness (QED) is 0.273. The van der Waals surface area contributed by atoms with Crippen LogP contribution in [0.4, 0.5) is 11.4 Å². The highest BCUT2D eigenvalue weighted by atomic mass is 79.9. The average Bonchev–Trinajstić information content (AvgIpc) is 3.46. The van der Waals surface area contributed by atoms with Gasteiger partial charge in [-0.2, -0.15) is 0 Å². The largest absolute Gasteiger partial charge is 0.497 e. The third kappa shape index (κ3) is 6.79. The Morgan fingerprint density at radius 1 is 1.00 bits per heavy atom. The number of hydrogen-bond donors (Lipinski definition) is 1. The molecule has 0 unspecified atom stereocenters. The normalized spacial score (nSPS) is 13.3. The molecule has 5 rings (SSSR count). The lowest BCUT2D eigenvalue weighted by Crippen LogP contribution is -2.48. The fourth-order valence-electron chi connectivity index (χ4n) is 4.19. The van der Waals surface area contributed by atoms with Crippen LogP contribution < -0.4 is 15.0 Å². The molecular weight excluding hydrogens is 582 g/mol. The molecule has 11 heteroatoms. The molecule has 1 saturated heterocycles. The van der Waals surface area contributed by atoms with Crippen molar-refractivity contribution in [3.05, 3.63) is 82.8 Å². The summed E-state index contributed by atoms with van der Waals surface area (Å²) in [7, 11) is 1.59. The zero-order valence-corrected chi connectivity index (χ0v) is 23.6. The second kappa shape index (κ2) is 12.4. The lowest BCUT2D eigenvalue weighted by atomic mass is 10.1. The maximum Gasteiger partial charge on any atom is 0.277 e. The Morgan fingerprint density at radius 3 is 2.51 bits per heavy atom. The fraction of sp³-hybridized carbons (Fsp3) is 0.214. The van der Waals surface area contributed by atoms with Crippen LogP contribution in [-0.2, 0) is 4.79 Å². The molecule has 1 aliphatic rings. The van der Waals surface area contributed by atoms with Crippen LogP contribution in [0.2, 0.25) is 0 Å². The number of carbonyl (C=O) groups is 2. The number of methoxy groups -OCH3 is 1. The third-order valence-electron chi connectivity index (χ3n) is 6.20. The summed E-state index contributed by atoms with van der Waals surface area (Å²) >= 11 is 4.61. The maximum atomic E-state index is 12.9. The average molecular weight is 609 g/mol. The summed E-state index contributed by atoms with van der Waals surface area (Å²) in [5.74, 6) is 1.06. The van der Waals surface area contributed by atoms with Crippen molar-refractivity contribution in [1.82, 2.24) is 15.1 Å². The Balaban J connectivity index is 1.09. The van der Waals surface area contributed by atoms with E-state index in [0.29, 0.717) is 41.2 Å². The van der Waals surface area contributed by atoms with Crippen molar-refractivity contribution in [2.24, 2.45) is 0 Å². The molecule has 1 aliphatic heterocycles. The Labute approximate surface area is 238 Å². The minimum absolute atomic E-state index is 0.00868. The summed E-state index contributed by atoms with van der Waals surface area (Å²) in [6.45, 7) is 2.71. The lowest BCUT2D eigenvalue weighted by molar-refractivity contribution is -0.113. The number of thioether (sulfide) groups is 1. The zero-order chi connectivity index (χ0) is 27.2. The SMILES string of the molecule is COc1cccc(C(=O)N2CCN(c3ccc(NC(=O)CSc4nnc(-c5cccc(Br)c5)o4)cc3)CC2)c1. The highest BCUT2D eigenvalue weighted by Crippen LogP contribution is 2.26. The van der Waals surface area contributed by atoms with Crippen LogP contribution in [0.1, 0.15) is 10.4 Å². The van der Waals surface area contributed by atoms with Crippen molar-refractivity contribution < 1.29 is 18.7 Å². The van der Waals surface area contributed by atoms with Crippen LogP contribution >= 0.6 is 27.7 Å². The van der Waals surface area contributed by atoms with Gasteiger partial charge in [0.2, 0.25) is 11.8 Å². The maximum absolute atomic E-state index is 12.9. The standard InChI is InChI=1S/C28H26BrN5O4S/c1-37-24-7-3-5-20(17-24)27(36)34-14-12-33(13-15-34)23-10-8-22(9-11-23)30-25(35)18-39-28-32-31-26(38-28)19-4-2-6-21(29)16-19/h2-11,16-17H,12-15,18H2,1H3,(H,30,35). The van der Waals surface area contributed by atoms with Crippen molar-refractivity contribution in [2.75, 3.05) is 49.3 Å². The Bertz CT molecular complexity index is 1450. The van der Waals surface area contributed by atoms with Gasteiger partial charge >= 0.3 is 0 Å². The number of ether oxygens (including phenoxy) is 1. The van der Waals surface area contributed by atoms with Crippen LogP contribution in [0.15, 0.2) is 86.9 Å². The molecule has 0 radical (unpaired) electrons. The number of hydrogen-bond acceptors (Lipinski definition) is 8. The molecule has 0 aliphatic carbocycles. The molecule has 2 amide bonds. The van der Waals surface area contributed by atoms with Crippen LogP contribution in [0.5, 0.6) is 5.75 Å². The van der Waals surface area contributed by atoms with Gasteiger partial charge in [0.25, 0.3) is 11.1 Å². The van der Waals surface area contributed by atoms with E-state index in [1.165, 1.54) is 11.8 Å².